The van der Waals surface area contributed by atoms with Gasteiger partial charge in [0.2, 0.25) is 0 Å². The molecule has 0 saturated carbocycles. The van der Waals surface area contributed by atoms with Crippen molar-refractivity contribution < 1.29 is 9.53 Å². The molecule has 2 rings (SSSR count). The zero-order chi connectivity index (χ0) is 16.8. The van der Waals surface area contributed by atoms with Gasteiger partial charge in [-0.2, -0.15) is 5.10 Å². The summed E-state index contributed by atoms with van der Waals surface area (Å²) in [4.78, 5) is 14.3. The van der Waals surface area contributed by atoms with Crippen molar-refractivity contribution >= 4 is 18.3 Å². The molecule has 1 heterocycles. The van der Waals surface area contributed by atoms with Crippen LogP contribution in [-0.2, 0) is 0 Å². The van der Waals surface area contributed by atoms with Crippen molar-refractivity contribution in [2.24, 2.45) is 5.73 Å². The van der Waals surface area contributed by atoms with Crippen LogP contribution in [0.4, 0.5) is 0 Å². The van der Waals surface area contributed by atoms with Crippen LogP contribution in [0.5, 0.6) is 5.75 Å². The highest BCUT2D eigenvalue weighted by Gasteiger charge is 2.24. The molecule has 0 bridgehead atoms. The zero-order valence-corrected chi connectivity index (χ0v) is 15.1. The molecule has 0 aliphatic carbocycles. The van der Waals surface area contributed by atoms with Gasteiger partial charge in [0.15, 0.2) is 11.4 Å². The standard InChI is InChI=1S/C17H24N4O2.ClH/c1-4-10-23-15-12-21(14-8-6-5-7-9-14)19-16(15)17(22)20(3)13(2)11-18;/h5-9,12-13H,4,10-11,18H2,1-3H3;1H. The first-order valence-corrected chi connectivity index (χ1v) is 7.83. The van der Waals surface area contributed by atoms with Crippen molar-refractivity contribution in [1.82, 2.24) is 14.7 Å². The monoisotopic (exact) mass is 352 g/mol. The molecule has 132 valence electrons. The molecule has 1 aromatic heterocycles. The number of carbonyl (C=O) groups is 1. The van der Waals surface area contributed by atoms with Crippen molar-refractivity contribution in [3.63, 3.8) is 0 Å². The zero-order valence-electron chi connectivity index (χ0n) is 14.3. The average Bonchev–Trinajstić information content (AvgIpc) is 3.02. The Balaban J connectivity index is 0.00000288. The number of likely N-dealkylation sites (N-methyl/N-ethyl adjacent to an activating group) is 1. The highest BCUT2D eigenvalue weighted by Crippen LogP contribution is 2.22. The molecule has 2 aromatic rings. The molecule has 2 N–H and O–H groups in total. The maximum atomic E-state index is 12.7. The van der Waals surface area contributed by atoms with Crippen molar-refractivity contribution in [2.45, 2.75) is 26.3 Å². The summed E-state index contributed by atoms with van der Waals surface area (Å²) in [6.45, 7) is 4.86. The maximum Gasteiger partial charge on any atom is 0.278 e. The molecule has 1 atom stereocenters. The molecule has 0 aliphatic rings. The molecule has 7 heteroatoms. The largest absolute Gasteiger partial charge is 0.489 e. The van der Waals surface area contributed by atoms with Gasteiger partial charge in [-0.15, -0.1) is 12.4 Å². The van der Waals surface area contributed by atoms with Gasteiger partial charge >= 0.3 is 0 Å². The van der Waals surface area contributed by atoms with Crippen molar-refractivity contribution in [3.8, 4) is 11.4 Å². The van der Waals surface area contributed by atoms with Crippen LogP contribution >= 0.6 is 12.4 Å². The summed E-state index contributed by atoms with van der Waals surface area (Å²) in [5, 5.41) is 4.43. The molecule has 1 unspecified atom stereocenters. The van der Waals surface area contributed by atoms with E-state index in [0.717, 1.165) is 12.1 Å². The van der Waals surface area contributed by atoms with Gasteiger partial charge in [-0.3, -0.25) is 4.79 Å². The van der Waals surface area contributed by atoms with E-state index in [4.69, 9.17) is 10.5 Å². The first-order valence-electron chi connectivity index (χ1n) is 7.83. The summed E-state index contributed by atoms with van der Waals surface area (Å²) in [6, 6.07) is 9.57. The second-order valence-corrected chi connectivity index (χ2v) is 5.47. The van der Waals surface area contributed by atoms with E-state index >= 15 is 0 Å². The Kier molecular flexibility index (Phi) is 7.74. The number of hydrogen-bond donors (Lipinski definition) is 1. The smallest absolute Gasteiger partial charge is 0.278 e. The van der Waals surface area contributed by atoms with Gasteiger partial charge in [0.05, 0.1) is 18.5 Å². The third-order valence-corrected chi connectivity index (χ3v) is 3.69. The van der Waals surface area contributed by atoms with E-state index in [9.17, 15) is 4.79 Å². The molecule has 0 aliphatic heterocycles. The number of hydrogen-bond acceptors (Lipinski definition) is 4. The Morgan fingerprint density at radius 1 is 1.38 bits per heavy atom. The third kappa shape index (κ3) is 4.49. The van der Waals surface area contributed by atoms with Gasteiger partial charge in [0.1, 0.15) is 0 Å². The van der Waals surface area contributed by atoms with Crippen molar-refractivity contribution in [2.75, 3.05) is 20.2 Å². The SMILES string of the molecule is CCCOc1cn(-c2ccccc2)nc1C(=O)N(C)C(C)CN.Cl. The number of para-hydroxylation sites is 1. The number of aromatic nitrogens is 2. The number of rotatable bonds is 7. The number of carbonyl (C=O) groups excluding carboxylic acids is 1. The fourth-order valence-corrected chi connectivity index (χ4v) is 2.06. The Labute approximate surface area is 149 Å². The number of amides is 1. The van der Waals surface area contributed by atoms with E-state index in [2.05, 4.69) is 5.10 Å². The molecule has 24 heavy (non-hydrogen) atoms. The quantitative estimate of drug-likeness (QED) is 0.830. The first-order chi connectivity index (χ1) is 11.1. The Morgan fingerprint density at radius 2 is 2.04 bits per heavy atom. The van der Waals surface area contributed by atoms with Crippen LogP contribution in [0.1, 0.15) is 30.8 Å². The molecule has 0 spiro atoms. The van der Waals surface area contributed by atoms with Gasteiger partial charge in [-0.25, -0.2) is 4.68 Å². The van der Waals surface area contributed by atoms with Crippen molar-refractivity contribution in [1.29, 1.82) is 0 Å². The summed E-state index contributed by atoms with van der Waals surface area (Å²) in [6.07, 6.45) is 2.61. The minimum atomic E-state index is -0.191. The molecule has 0 radical (unpaired) electrons. The fraction of sp³-hybridized carbons (Fsp3) is 0.412. The summed E-state index contributed by atoms with van der Waals surface area (Å²) < 4.78 is 7.38. The second kappa shape index (κ2) is 9.30. The fourth-order valence-electron chi connectivity index (χ4n) is 2.06. The lowest BCUT2D eigenvalue weighted by Gasteiger charge is -2.22. The van der Waals surface area contributed by atoms with Gasteiger partial charge in [-0.1, -0.05) is 25.1 Å². The Hall–Kier alpha value is -2.05. The summed E-state index contributed by atoms with van der Waals surface area (Å²) in [5.41, 5.74) is 6.84. The predicted molar refractivity (Wildman–Crippen MR) is 97.2 cm³/mol. The number of ether oxygens (including phenoxy) is 1. The highest BCUT2D eigenvalue weighted by molar-refractivity contribution is 5.95. The van der Waals surface area contributed by atoms with Crippen molar-refractivity contribution in [3.05, 3.63) is 42.2 Å². The number of nitrogens with two attached hydrogens (primary N) is 1. The van der Waals surface area contributed by atoms with Crippen LogP contribution in [0, 0.1) is 0 Å². The lowest BCUT2D eigenvalue weighted by molar-refractivity contribution is 0.0737. The van der Waals surface area contributed by atoms with E-state index < -0.39 is 0 Å². The Bertz CT molecular complexity index is 645. The maximum absolute atomic E-state index is 12.7. The van der Waals surface area contributed by atoms with Crippen LogP contribution < -0.4 is 10.5 Å². The van der Waals surface area contributed by atoms with Crippen LogP contribution in [0.3, 0.4) is 0 Å². The van der Waals surface area contributed by atoms with E-state index in [1.54, 1.807) is 22.8 Å². The minimum absolute atomic E-state index is 0. The molecule has 0 fully saturated rings. The van der Waals surface area contributed by atoms with Crippen LogP contribution in [-0.4, -0.2) is 46.8 Å². The topological polar surface area (TPSA) is 73.4 Å². The summed E-state index contributed by atoms with van der Waals surface area (Å²) in [7, 11) is 1.73. The van der Waals surface area contributed by atoms with Crippen LogP contribution in [0.25, 0.3) is 5.69 Å². The lowest BCUT2D eigenvalue weighted by atomic mass is 10.2. The Morgan fingerprint density at radius 3 is 2.62 bits per heavy atom. The van der Waals surface area contributed by atoms with Crippen LogP contribution in [0.2, 0.25) is 0 Å². The van der Waals surface area contributed by atoms with E-state index in [0.29, 0.717) is 24.6 Å². The minimum Gasteiger partial charge on any atom is -0.489 e. The number of benzene rings is 1. The molecule has 0 saturated heterocycles. The molecular formula is C17H25ClN4O2. The number of nitrogens with zero attached hydrogens (tertiary/aromatic N) is 3. The first kappa shape index (κ1) is 20.0. The molecular weight excluding hydrogens is 328 g/mol. The third-order valence-electron chi connectivity index (χ3n) is 3.69. The molecule has 1 aromatic carbocycles. The predicted octanol–water partition coefficient (Wildman–Crippen LogP) is 2.50. The van der Waals surface area contributed by atoms with Gasteiger partial charge in [-0.05, 0) is 25.5 Å². The van der Waals surface area contributed by atoms with E-state index in [-0.39, 0.29) is 24.4 Å². The lowest BCUT2D eigenvalue weighted by Crippen LogP contribution is -2.40. The van der Waals surface area contributed by atoms with E-state index in [1.165, 1.54) is 0 Å². The molecule has 1 amide bonds. The van der Waals surface area contributed by atoms with Gasteiger partial charge in [0.25, 0.3) is 5.91 Å². The van der Waals surface area contributed by atoms with E-state index in [1.807, 2.05) is 44.2 Å². The van der Waals surface area contributed by atoms with Gasteiger partial charge < -0.3 is 15.4 Å². The summed E-state index contributed by atoms with van der Waals surface area (Å²) >= 11 is 0. The van der Waals surface area contributed by atoms with Gasteiger partial charge in [0, 0.05) is 19.6 Å². The second-order valence-electron chi connectivity index (χ2n) is 5.47. The number of halogens is 1. The molecule has 6 nitrogen and oxygen atoms in total. The average molecular weight is 353 g/mol. The highest BCUT2D eigenvalue weighted by atomic mass is 35.5. The normalized spacial score (nSPS) is 11.5. The summed E-state index contributed by atoms with van der Waals surface area (Å²) in [5.74, 6) is 0.306. The van der Waals surface area contributed by atoms with Crippen LogP contribution in [0.15, 0.2) is 36.5 Å².